The Bertz CT molecular complexity index is 1290. The van der Waals surface area contributed by atoms with Crippen molar-refractivity contribution < 1.29 is 0 Å². The van der Waals surface area contributed by atoms with Crippen molar-refractivity contribution >= 4 is 45.0 Å². The molecule has 2 N–H and O–H groups in total. The van der Waals surface area contributed by atoms with Crippen LogP contribution in [0.15, 0.2) is 67.0 Å². The summed E-state index contributed by atoms with van der Waals surface area (Å²) >= 11 is 6.46. The summed E-state index contributed by atoms with van der Waals surface area (Å²) < 4.78 is 0. The molecule has 0 saturated heterocycles. The average Bonchev–Trinajstić information content (AvgIpc) is 3.13. The number of fused-ring (bicyclic) bond motifs is 2. The summed E-state index contributed by atoms with van der Waals surface area (Å²) in [6.45, 7) is 2.05. The maximum absolute atomic E-state index is 6.46. The van der Waals surface area contributed by atoms with Gasteiger partial charge in [-0.05, 0) is 55.0 Å². The average molecular weight is 386 g/mol. The van der Waals surface area contributed by atoms with Crippen molar-refractivity contribution in [2.24, 2.45) is 0 Å². The topological polar surface area (TPSA) is 66.5 Å². The third-order valence-electron chi connectivity index (χ3n) is 4.67. The van der Waals surface area contributed by atoms with Crippen molar-refractivity contribution in [2.75, 3.05) is 5.32 Å². The van der Waals surface area contributed by atoms with Gasteiger partial charge in [-0.3, -0.25) is 0 Å². The first-order valence-electron chi connectivity index (χ1n) is 8.90. The number of anilines is 2. The number of para-hydroxylation sites is 2. The minimum Gasteiger partial charge on any atom is -0.340 e. The molecule has 2 heterocycles. The second-order valence-corrected chi connectivity index (χ2v) is 7.07. The molecule has 0 spiro atoms. The highest BCUT2D eigenvalue weighted by atomic mass is 35.5. The van der Waals surface area contributed by atoms with Gasteiger partial charge in [-0.2, -0.15) is 0 Å². The number of H-pyrrole nitrogens is 1. The smallest absolute Gasteiger partial charge is 0.141 e. The molecule has 5 nitrogen and oxygen atoms in total. The maximum Gasteiger partial charge on any atom is 0.141 e. The van der Waals surface area contributed by atoms with E-state index >= 15 is 0 Å². The molecule has 0 amide bonds. The van der Waals surface area contributed by atoms with Gasteiger partial charge >= 0.3 is 0 Å². The van der Waals surface area contributed by atoms with Crippen LogP contribution in [0.25, 0.3) is 33.3 Å². The Morgan fingerprint density at radius 3 is 2.71 bits per heavy atom. The van der Waals surface area contributed by atoms with Crippen LogP contribution in [-0.4, -0.2) is 19.9 Å². The predicted molar refractivity (Wildman–Crippen MR) is 114 cm³/mol. The molecule has 3 aromatic carbocycles. The molecule has 5 rings (SSSR count). The van der Waals surface area contributed by atoms with E-state index in [4.69, 9.17) is 11.6 Å². The van der Waals surface area contributed by atoms with Crippen LogP contribution in [-0.2, 0) is 0 Å². The van der Waals surface area contributed by atoms with Crippen LogP contribution in [0.1, 0.15) is 5.56 Å². The zero-order valence-corrected chi connectivity index (χ0v) is 15.8. The Hall–Kier alpha value is -3.44. The van der Waals surface area contributed by atoms with Crippen LogP contribution in [0.4, 0.5) is 11.5 Å². The predicted octanol–water partition coefficient (Wildman–Crippen LogP) is 5.88. The first-order valence-corrected chi connectivity index (χ1v) is 9.28. The van der Waals surface area contributed by atoms with E-state index in [-0.39, 0.29) is 0 Å². The molecule has 0 fully saturated rings. The van der Waals surface area contributed by atoms with Gasteiger partial charge in [0.05, 0.1) is 21.6 Å². The quantitative estimate of drug-likeness (QED) is 0.407. The van der Waals surface area contributed by atoms with Crippen LogP contribution in [0.3, 0.4) is 0 Å². The van der Waals surface area contributed by atoms with Crippen molar-refractivity contribution in [1.82, 2.24) is 19.9 Å². The van der Waals surface area contributed by atoms with Crippen LogP contribution >= 0.6 is 11.6 Å². The highest BCUT2D eigenvalue weighted by molar-refractivity contribution is 6.33. The molecule has 28 heavy (non-hydrogen) atoms. The molecule has 0 saturated carbocycles. The number of nitrogens with zero attached hydrogens (tertiary/aromatic N) is 3. The summed E-state index contributed by atoms with van der Waals surface area (Å²) in [5.41, 5.74) is 5.66. The van der Waals surface area contributed by atoms with Gasteiger partial charge in [0.25, 0.3) is 0 Å². The minimum atomic E-state index is 0.632. The van der Waals surface area contributed by atoms with Crippen LogP contribution < -0.4 is 5.32 Å². The summed E-state index contributed by atoms with van der Waals surface area (Å²) in [5.74, 6) is 1.49. The summed E-state index contributed by atoms with van der Waals surface area (Å²) in [5, 5.41) is 4.98. The number of imidazole rings is 1. The largest absolute Gasteiger partial charge is 0.340 e. The van der Waals surface area contributed by atoms with E-state index in [0.717, 1.165) is 50.4 Å². The second kappa shape index (κ2) is 6.62. The monoisotopic (exact) mass is 385 g/mol. The number of aromatic nitrogens is 4. The normalized spacial score (nSPS) is 11.2. The van der Waals surface area contributed by atoms with E-state index in [1.165, 1.54) is 0 Å². The third-order valence-corrected chi connectivity index (χ3v) is 5.00. The van der Waals surface area contributed by atoms with Gasteiger partial charge in [0.1, 0.15) is 18.0 Å². The van der Waals surface area contributed by atoms with Crippen molar-refractivity contribution in [3.8, 4) is 11.4 Å². The summed E-state index contributed by atoms with van der Waals surface area (Å²) in [4.78, 5) is 16.8. The Labute approximate surface area is 166 Å². The molecule has 0 radical (unpaired) electrons. The van der Waals surface area contributed by atoms with Gasteiger partial charge in [0.15, 0.2) is 0 Å². The van der Waals surface area contributed by atoms with Crippen LogP contribution in [0.2, 0.25) is 5.02 Å². The molecule has 2 aromatic heterocycles. The van der Waals surface area contributed by atoms with Gasteiger partial charge < -0.3 is 10.3 Å². The zero-order valence-electron chi connectivity index (χ0n) is 15.1. The lowest BCUT2D eigenvalue weighted by Crippen LogP contribution is -1.97. The Kier molecular flexibility index (Phi) is 3.95. The van der Waals surface area contributed by atoms with E-state index in [2.05, 4.69) is 31.3 Å². The summed E-state index contributed by atoms with van der Waals surface area (Å²) in [6.07, 6.45) is 1.57. The van der Waals surface area contributed by atoms with Crippen molar-refractivity contribution in [1.29, 1.82) is 0 Å². The van der Waals surface area contributed by atoms with Gasteiger partial charge in [-0.15, -0.1) is 0 Å². The molecule has 0 unspecified atom stereocenters. The molecule has 0 aliphatic rings. The van der Waals surface area contributed by atoms with Crippen molar-refractivity contribution in [3.05, 3.63) is 77.6 Å². The molecule has 0 atom stereocenters. The first kappa shape index (κ1) is 16.7. The molecule has 0 aliphatic carbocycles. The molecular weight excluding hydrogens is 370 g/mol. The minimum absolute atomic E-state index is 0.632. The van der Waals surface area contributed by atoms with Gasteiger partial charge in [0.2, 0.25) is 0 Å². The Morgan fingerprint density at radius 2 is 1.82 bits per heavy atom. The molecule has 0 bridgehead atoms. The zero-order chi connectivity index (χ0) is 19.1. The van der Waals surface area contributed by atoms with Gasteiger partial charge in [-0.1, -0.05) is 29.8 Å². The van der Waals surface area contributed by atoms with Crippen LogP contribution in [0, 0.1) is 6.92 Å². The Morgan fingerprint density at radius 1 is 0.929 bits per heavy atom. The number of aromatic amines is 1. The fourth-order valence-corrected chi connectivity index (χ4v) is 3.48. The van der Waals surface area contributed by atoms with Gasteiger partial charge in [-0.25, -0.2) is 15.0 Å². The number of hydrogen-bond donors (Lipinski definition) is 2. The third kappa shape index (κ3) is 2.96. The fourth-order valence-electron chi connectivity index (χ4n) is 3.27. The van der Waals surface area contributed by atoms with Gasteiger partial charge in [0, 0.05) is 16.6 Å². The number of rotatable bonds is 3. The van der Waals surface area contributed by atoms with E-state index in [9.17, 15) is 0 Å². The first-order chi connectivity index (χ1) is 13.7. The molecule has 136 valence electrons. The molecule has 6 heteroatoms. The number of benzene rings is 3. The highest BCUT2D eigenvalue weighted by Crippen LogP contribution is 2.32. The molecule has 5 aromatic rings. The number of halogens is 1. The lowest BCUT2D eigenvalue weighted by Gasteiger charge is -2.10. The standard InChI is InChI=1S/C22H16ClN5/c1-13-6-8-15-20(10-13)24-12-25-21(15)26-14-7-9-17(23)16(11-14)22-27-18-4-2-3-5-19(18)28-22/h2-12H,1H3,(H,27,28)(H,24,25,26). The summed E-state index contributed by atoms with van der Waals surface area (Å²) in [7, 11) is 0. The van der Waals surface area contributed by atoms with Crippen molar-refractivity contribution in [3.63, 3.8) is 0 Å². The van der Waals surface area contributed by atoms with E-state index in [1.54, 1.807) is 6.33 Å². The summed E-state index contributed by atoms with van der Waals surface area (Å²) in [6, 6.07) is 19.8. The Balaban J connectivity index is 1.56. The number of hydrogen-bond acceptors (Lipinski definition) is 4. The SMILES string of the molecule is Cc1ccc2c(Nc3ccc(Cl)c(-c4nc5ccccc5[nH]4)c3)ncnc2c1. The maximum atomic E-state index is 6.46. The lowest BCUT2D eigenvalue weighted by molar-refractivity contribution is 1.21. The molecule has 0 aliphatic heterocycles. The van der Waals surface area contributed by atoms with E-state index in [0.29, 0.717) is 5.02 Å². The highest BCUT2D eigenvalue weighted by Gasteiger charge is 2.11. The lowest BCUT2D eigenvalue weighted by atomic mass is 10.1. The van der Waals surface area contributed by atoms with E-state index < -0.39 is 0 Å². The molecular formula is C22H16ClN5. The van der Waals surface area contributed by atoms with Crippen molar-refractivity contribution in [2.45, 2.75) is 6.92 Å². The van der Waals surface area contributed by atoms with Crippen LogP contribution in [0.5, 0.6) is 0 Å². The second-order valence-electron chi connectivity index (χ2n) is 6.67. The number of aryl methyl sites for hydroxylation is 1. The van der Waals surface area contributed by atoms with E-state index in [1.807, 2.05) is 61.5 Å². The number of nitrogens with one attached hydrogen (secondary N) is 2. The fraction of sp³-hybridized carbons (Fsp3) is 0.0455.